The van der Waals surface area contributed by atoms with Crippen LogP contribution in [0.2, 0.25) is 5.02 Å². The van der Waals surface area contributed by atoms with Gasteiger partial charge in [-0.2, -0.15) is 4.31 Å². The van der Waals surface area contributed by atoms with Gasteiger partial charge in [0.25, 0.3) is 10.0 Å². The summed E-state index contributed by atoms with van der Waals surface area (Å²) < 4.78 is 32.4. The first-order chi connectivity index (χ1) is 13.6. The minimum Gasteiger partial charge on any atom is -0.449 e. The van der Waals surface area contributed by atoms with Crippen molar-refractivity contribution in [1.29, 1.82) is 0 Å². The van der Waals surface area contributed by atoms with E-state index in [4.69, 9.17) is 16.3 Å². The fourth-order valence-electron chi connectivity index (χ4n) is 2.67. The van der Waals surface area contributed by atoms with Gasteiger partial charge in [0.15, 0.2) is 5.78 Å². The zero-order chi connectivity index (χ0) is 21.8. The molecule has 0 saturated carbocycles. The van der Waals surface area contributed by atoms with Crippen LogP contribution in [0.1, 0.15) is 31.0 Å². The van der Waals surface area contributed by atoms with Gasteiger partial charge in [-0.05, 0) is 50.6 Å². The molecule has 1 atom stereocenters. The molecule has 0 spiro atoms. The molecule has 29 heavy (non-hydrogen) atoms. The van der Waals surface area contributed by atoms with Crippen LogP contribution >= 0.6 is 11.6 Å². The van der Waals surface area contributed by atoms with Crippen molar-refractivity contribution in [2.75, 3.05) is 6.61 Å². The molecule has 0 radical (unpaired) electrons. The normalized spacial score (nSPS) is 12.1. The van der Waals surface area contributed by atoms with Crippen LogP contribution in [0.4, 0.5) is 4.79 Å². The van der Waals surface area contributed by atoms with Gasteiger partial charge in [0, 0.05) is 10.6 Å². The summed E-state index contributed by atoms with van der Waals surface area (Å²) in [6.45, 7) is 8.33. The molecule has 0 heterocycles. The maximum atomic E-state index is 13.4. The van der Waals surface area contributed by atoms with Crippen molar-refractivity contribution in [2.24, 2.45) is 0 Å². The van der Waals surface area contributed by atoms with Crippen LogP contribution in [-0.4, -0.2) is 31.2 Å². The molecule has 2 aromatic carbocycles. The third-order valence-electron chi connectivity index (χ3n) is 4.23. The predicted molar refractivity (Wildman–Crippen MR) is 111 cm³/mol. The number of carbonyl (C=O) groups excluding carboxylic acids is 2. The van der Waals surface area contributed by atoms with Gasteiger partial charge >= 0.3 is 6.09 Å². The summed E-state index contributed by atoms with van der Waals surface area (Å²) in [5.74, 6) is -0.460. The molecular formula is C21H22ClNO5S. The van der Waals surface area contributed by atoms with Crippen LogP contribution in [0.5, 0.6) is 0 Å². The van der Waals surface area contributed by atoms with Gasteiger partial charge in [0.2, 0.25) is 0 Å². The van der Waals surface area contributed by atoms with Gasteiger partial charge in [-0.15, -0.1) is 0 Å². The van der Waals surface area contributed by atoms with Crippen LogP contribution in [0.15, 0.2) is 65.6 Å². The first kappa shape index (κ1) is 22.6. The van der Waals surface area contributed by atoms with Gasteiger partial charge < -0.3 is 4.74 Å². The quantitative estimate of drug-likeness (QED) is 0.589. The third kappa shape index (κ3) is 5.05. The summed E-state index contributed by atoms with van der Waals surface area (Å²) in [4.78, 5) is 24.8. The Hall–Kier alpha value is -2.64. The minimum absolute atomic E-state index is 0.0430. The largest absolute Gasteiger partial charge is 0.449 e. The number of aryl methyl sites for hydroxylation is 1. The number of rotatable bonds is 7. The number of ketones is 1. The summed E-state index contributed by atoms with van der Waals surface area (Å²) in [5.41, 5.74) is 1.14. The van der Waals surface area contributed by atoms with E-state index in [1.807, 2.05) is 6.92 Å². The predicted octanol–water partition coefficient (Wildman–Crippen LogP) is 4.68. The van der Waals surface area contributed by atoms with E-state index in [2.05, 4.69) is 6.58 Å². The SMILES string of the molecule is C=C(C(C)=O)[C@H](c1ccc(Cl)cc1)N(C(=O)OCC)S(=O)(=O)c1ccc(C)cc1. The number of hydrogen-bond donors (Lipinski definition) is 0. The fraction of sp³-hybridized carbons (Fsp3) is 0.238. The van der Waals surface area contributed by atoms with Crippen molar-refractivity contribution in [3.63, 3.8) is 0 Å². The van der Waals surface area contributed by atoms with E-state index in [1.54, 1.807) is 31.2 Å². The average Bonchev–Trinajstić information content (AvgIpc) is 2.66. The van der Waals surface area contributed by atoms with Crippen LogP contribution in [0.25, 0.3) is 0 Å². The highest BCUT2D eigenvalue weighted by Crippen LogP contribution is 2.34. The lowest BCUT2D eigenvalue weighted by Crippen LogP contribution is -2.42. The molecule has 154 valence electrons. The summed E-state index contributed by atoms with van der Waals surface area (Å²) in [7, 11) is -4.36. The number of amides is 1. The van der Waals surface area contributed by atoms with Gasteiger partial charge in [-0.25, -0.2) is 13.2 Å². The number of nitrogens with zero attached hydrogens (tertiary/aromatic N) is 1. The monoisotopic (exact) mass is 435 g/mol. The zero-order valence-corrected chi connectivity index (χ0v) is 18.0. The molecule has 2 rings (SSSR count). The standard InChI is InChI=1S/C21H22ClNO5S/c1-5-28-21(25)23(29(26,27)19-12-6-14(2)7-13-19)20(15(3)16(4)24)17-8-10-18(22)11-9-17/h6-13,20H,3,5H2,1-2,4H3/t20-/m1/s1. The van der Waals surface area contributed by atoms with E-state index >= 15 is 0 Å². The van der Waals surface area contributed by atoms with E-state index < -0.39 is 27.9 Å². The van der Waals surface area contributed by atoms with E-state index in [9.17, 15) is 18.0 Å². The van der Waals surface area contributed by atoms with E-state index in [-0.39, 0.29) is 17.1 Å². The number of halogens is 1. The molecule has 0 aliphatic rings. The Morgan fingerprint density at radius 2 is 1.66 bits per heavy atom. The van der Waals surface area contributed by atoms with E-state index in [0.29, 0.717) is 14.9 Å². The lowest BCUT2D eigenvalue weighted by atomic mass is 9.97. The van der Waals surface area contributed by atoms with Gasteiger partial charge in [0.1, 0.15) is 6.04 Å². The van der Waals surface area contributed by atoms with E-state index in [0.717, 1.165) is 5.56 Å². The first-order valence-corrected chi connectivity index (χ1v) is 10.6. The molecule has 0 aliphatic heterocycles. The molecule has 0 aliphatic carbocycles. The molecule has 6 nitrogen and oxygen atoms in total. The lowest BCUT2D eigenvalue weighted by Gasteiger charge is -2.31. The van der Waals surface area contributed by atoms with Crippen molar-refractivity contribution in [2.45, 2.75) is 31.7 Å². The molecule has 0 aromatic heterocycles. The molecule has 0 fully saturated rings. The highest BCUT2D eigenvalue weighted by atomic mass is 35.5. The molecule has 0 bridgehead atoms. The molecule has 1 amide bonds. The Labute approximate surface area is 175 Å². The van der Waals surface area contributed by atoms with Gasteiger partial charge in [0.05, 0.1) is 11.5 Å². The minimum atomic E-state index is -4.36. The first-order valence-electron chi connectivity index (χ1n) is 8.82. The molecule has 2 aromatic rings. The van der Waals surface area contributed by atoms with Crippen molar-refractivity contribution in [3.05, 3.63) is 76.8 Å². The fourth-order valence-corrected chi connectivity index (χ4v) is 4.28. The molecule has 0 unspecified atom stereocenters. The maximum Gasteiger partial charge on any atom is 0.424 e. The van der Waals surface area contributed by atoms with Crippen LogP contribution in [0, 0.1) is 6.92 Å². The molecule has 0 N–H and O–H groups in total. The maximum absolute atomic E-state index is 13.4. The summed E-state index contributed by atoms with van der Waals surface area (Å²) in [6.07, 6.45) is -1.10. The Kier molecular flexibility index (Phi) is 7.21. The Balaban J connectivity index is 2.72. The van der Waals surface area contributed by atoms with Crippen molar-refractivity contribution < 1.29 is 22.7 Å². The average molecular weight is 436 g/mol. The summed E-state index contributed by atoms with van der Waals surface area (Å²) in [5, 5.41) is 0.421. The van der Waals surface area contributed by atoms with Crippen LogP contribution < -0.4 is 0 Å². The van der Waals surface area contributed by atoms with Crippen molar-refractivity contribution in [1.82, 2.24) is 4.31 Å². The number of hydrogen-bond acceptors (Lipinski definition) is 5. The lowest BCUT2D eigenvalue weighted by molar-refractivity contribution is -0.114. The van der Waals surface area contributed by atoms with Crippen LogP contribution in [0.3, 0.4) is 0 Å². The number of benzene rings is 2. The van der Waals surface area contributed by atoms with Crippen LogP contribution in [-0.2, 0) is 19.6 Å². The zero-order valence-electron chi connectivity index (χ0n) is 16.4. The third-order valence-corrected chi connectivity index (χ3v) is 6.23. The highest BCUT2D eigenvalue weighted by molar-refractivity contribution is 7.89. The van der Waals surface area contributed by atoms with Crippen molar-refractivity contribution in [3.8, 4) is 0 Å². The molecule has 0 saturated heterocycles. The topological polar surface area (TPSA) is 80.8 Å². The Morgan fingerprint density at radius 3 is 2.14 bits per heavy atom. The molecule has 8 heteroatoms. The summed E-state index contributed by atoms with van der Waals surface area (Å²) in [6, 6.07) is 10.9. The second-order valence-corrected chi connectivity index (χ2v) is 8.60. The Bertz CT molecular complexity index is 1010. The Morgan fingerprint density at radius 1 is 1.10 bits per heavy atom. The van der Waals surface area contributed by atoms with E-state index in [1.165, 1.54) is 31.2 Å². The number of sulfonamides is 1. The highest BCUT2D eigenvalue weighted by Gasteiger charge is 2.40. The smallest absolute Gasteiger partial charge is 0.424 e. The number of ether oxygens (including phenoxy) is 1. The number of Topliss-reactive ketones (excluding diaryl/α,β-unsaturated/α-hetero) is 1. The van der Waals surface area contributed by atoms with Gasteiger partial charge in [-0.3, -0.25) is 4.79 Å². The molecular weight excluding hydrogens is 414 g/mol. The van der Waals surface area contributed by atoms with Gasteiger partial charge in [-0.1, -0.05) is 48.0 Å². The number of carbonyl (C=O) groups is 2. The second-order valence-electron chi connectivity index (χ2n) is 6.35. The second kappa shape index (κ2) is 9.24. The summed E-state index contributed by atoms with van der Waals surface area (Å²) >= 11 is 5.94. The van der Waals surface area contributed by atoms with Crippen molar-refractivity contribution >= 4 is 33.5 Å².